The molecular formula is C11H16N4OS. The molecule has 0 radical (unpaired) electrons. The van der Waals surface area contributed by atoms with E-state index in [0.29, 0.717) is 5.75 Å². The van der Waals surface area contributed by atoms with Crippen molar-refractivity contribution in [2.45, 2.75) is 13.0 Å². The van der Waals surface area contributed by atoms with Gasteiger partial charge >= 0.3 is 0 Å². The monoisotopic (exact) mass is 252 g/mol. The molecule has 2 aromatic rings. The number of aromatic nitrogens is 3. The van der Waals surface area contributed by atoms with Gasteiger partial charge in [-0.25, -0.2) is 9.97 Å². The smallest absolute Gasteiger partial charge is 0.154 e. The molecule has 2 aromatic heterocycles. The average Bonchev–Trinajstić information content (AvgIpc) is 2.61. The third-order valence-electron chi connectivity index (χ3n) is 2.51. The number of hydrogen-bond donors (Lipinski definition) is 1. The summed E-state index contributed by atoms with van der Waals surface area (Å²) in [5.41, 5.74) is 1.89. The number of pyridine rings is 1. The summed E-state index contributed by atoms with van der Waals surface area (Å²) in [7, 11) is 1.13. The molecule has 0 aliphatic rings. The fourth-order valence-electron chi connectivity index (χ4n) is 1.79. The summed E-state index contributed by atoms with van der Waals surface area (Å²) in [4.78, 5) is 8.59. The Kier molecular flexibility index (Phi) is 3.42. The fourth-order valence-corrected chi connectivity index (χ4v) is 2.58. The molecule has 0 aliphatic heterocycles. The van der Waals surface area contributed by atoms with E-state index in [-0.39, 0.29) is 6.04 Å². The molecule has 0 aliphatic carbocycles. The first-order valence-electron chi connectivity index (χ1n) is 5.40. The van der Waals surface area contributed by atoms with Gasteiger partial charge in [-0.2, -0.15) is 0 Å². The zero-order chi connectivity index (χ0) is 12.4. The van der Waals surface area contributed by atoms with Crippen LogP contribution in [0.1, 0.15) is 6.92 Å². The van der Waals surface area contributed by atoms with Gasteiger partial charge in [0, 0.05) is 42.1 Å². The second-order valence-corrected chi connectivity index (χ2v) is 5.65. The Morgan fingerprint density at radius 2 is 2.29 bits per heavy atom. The molecule has 0 saturated heterocycles. The molecule has 0 saturated carbocycles. The van der Waals surface area contributed by atoms with Gasteiger partial charge in [-0.05, 0) is 13.0 Å². The van der Waals surface area contributed by atoms with E-state index in [4.69, 9.17) is 0 Å². The number of fused-ring (bicyclic) bond motifs is 1. The minimum atomic E-state index is -0.814. The van der Waals surface area contributed by atoms with Gasteiger partial charge in [-0.3, -0.25) is 4.21 Å². The largest absolute Gasteiger partial charge is 0.365 e. The lowest BCUT2D eigenvalue weighted by molar-refractivity contribution is 0.683. The van der Waals surface area contributed by atoms with Crippen LogP contribution >= 0.6 is 0 Å². The van der Waals surface area contributed by atoms with Crippen molar-refractivity contribution in [3.05, 3.63) is 18.6 Å². The van der Waals surface area contributed by atoms with Gasteiger partial charge in [0.25, 0.3) is 0 Å². The standard InChI is InChI=1S/C11H16N4OS/c1-8(6-17(3)16)14-11-10-9(4-5-12-11)15(2)7-13-10/h4-5,7-8H,6H2,1-3H3,(H,12,14). The van der Waals surface area contributed by atoms with Gasteiger partial charge in [-0.15, -0.1) is 0 Å². The molecule has 2 heterocycles. The number of hydrogen-bond acceptors (Lipinski definition) is 4. The summed E-state index contributed by atoms with van der Waals surface area (Å²) >= 11 is 0. The third-order valence-corrected chi connectivity index (χ3v) is 3.48. The maximum absolute atomic E-state index is 11.1. The van der Waals surface area contributed by atoms with Crippen LogP contribution in [0.4, 0.5) is 5.82 Å². The number of nitrogens with zero attached hydrogens (tertiary/aromatic N) is 3. The lowest BCUT2D eigenvalue weighted by Crippen LogP contribution is -2.23. The highest BCUT2D eigenvalue weighted by molar-refractivity contribution is 7.84. The first-order valence-corrected chi connectivity index (χ1v) is 7.13. The van der Waals surface area contributed by atoms with E-state index >= 15 is 0 Å². The summed E-state index contributed by atoms with van der Waals surface area (Å²) < 4.78 is 13.1. The maximum Gasteiger partial charge on any atom is 0.154 e. The summed E-state index contributed by atoms with van der Waals surface area (Å²) in [5, 5.41) is 3.25. The predicted octanol–water partition coefficient (Wildman–Crippen LogP) is 1.15. The normalized spacial score (nSPS) is 14.8. The molecule has 2 unspecified atom stereocenters. The van der Waals surface area contributed by atoms with Crippen molar-refractivity contribution in [1.29, 1.82) is 0 Å². The van der Waals surface area contributed by atoms with Crippen molar-refractivity contribution in [2.75, 3.05) is 17.3 Å². The number of anilines is 1. The molecule has 0 bridgehead atoms. The predicted molar refractivity (Wildman–Crippen MR) is 70.5 cm³/mol. The van der Waals surface area contributed by atoms with Gasteiger partial charge in [0.15, 0.2) is 5.82 Å². The van der Waals surface area contributed by atoms with Crippen LogP contribution in [0.25, 0.3) is 11.0 Å². The zero-order valence-electron chi connectivity index (χ0n) is 10.2. The molecule has 0 fully saturated rings. The van der Waals surface area contributed by atoms with Gasteiger partial charge in [-0.1, -0.05) is 0 Å². The van der Waals surface area contributed by atoms with Gasteiger partial charge in [0.1, 0.15) is 5.52 Å². The molecule has 0 amide bonds. The van der Waals surface area contributed by atoms with E-state index in [9.17, 15) is 4.21 Å². The van der Waals surface area contributed by atoms with Crippen LogP contribution in [-0.4, -0.2) is 36.8 Å². The molecule has 2 atom stereocenters. The van der Waals surface area contributed by atoms with E-state index < -0.39 is 10.8 Å². The highest BCUT2D eigenvalue weighted by Crippen LogP contribution is 2.19. The quantitative estimate of drug-likeness (QED) is 0.886. The summed E-state index contributed by atoms with van der Waals surface area (Å²) in [5.74, 6) is 1.35. The van der Waals surface area contributed by atoms with Crippen LogP contribution in [0.3, 0.4) is 0 Å². The second-order valence-electron chi connectivity index (χ2n) is 4.17. The minimum absolute atomic E-state index is 0.112. The lowest BCUT2D eigenvalue weighted by Gasteiger charge is -2.13. The van der Waals surface area contributed by atoms with E-state index in [1.165, 1.54) is 0 Å². The molecule has 92 valence electrons. The van der Waals surface area contributed by atoms with Gasteiger partial charge in [0.05, 0.1) is 11.8 Å². The molecule has 0 aromatic carbocycles. The van der Waals surface area contributed by atoms with Crippen LogP contribution in [0, 0.1) is 0 Å². The molecular weight excluding hydrogens is 236 g/mol. The first kappa shape index (κ1) is 12.0. The summed E-state index contributed by atoms with van der Waals surface area (Å²) in [6, 6.07) is 2.04. The van der Waals surface area contributed by atoms with Crippen molar-refractivity contribution in [3.8, 4) is 0 Å². The Labute approximate surface area is 103 Å². The third kappa shape index (κ3) is 2.63. The van der Waals surface area contributed by atoms with E-state index in [1.54, 1.807) is 18.8 Å². The Hall–Kier alpha value is -1.43. The molecule has 6 heteroatoms. The number of imidazole rings is 1. The maximum atomic E-state index is 11.1. The van der Waals surface area contributed by atoms with Crippen LogP contribution in [-0.2, 0) is 17.8 Å². The van der Waals surface area contributed by atoms with Crippen molar-refractivity contribution < 1.29 is 4.21 Å². The Morgan fingerprint density at radius 1 is 1.53 bits per heavy atom. The molecule has 1 N–H and O–H groups in total. The Bertz CT molecular complexity index is 551. The number of aryl methyl sites for hydroxylation is 1. The highest BCUT2D eigenvalue weighted by atomic mass is 32.2. The summed E-state index contributed by atoms with van der Waals surface area (Å²) in [6.07, 6.45) is 5.22. The van der Waals surface area contributed by atoms with E-state index in [1.807, 2.05) is 24.6 Å². The highest BCUT2D eigenvalue weighted by Gasteiger charge is 2.10. The topological polar surface area (TPSA) is 59.8 Å². The van der Waals surface area contributed by atoms with Crippen LogP contribution in [0.2, 0.25) is 0 Å². The van der Waals surface area contributed by atoms with Crippen molar-refractivity contribution >= 4 is 27.7 Å². The SMILES string of the molecule is CC(CS(C)=O)Nc1nccc2c1ncn2C. The first-order chi connectivity index (χ1) is 8.08. The molecule has 17 heavy (non-hydrogen) atoms. The Balaban J connectivity index is 2.27. The summed E-state index contributed by atoms with van der Waals surface area (Å²) in [6.45, 7) is 1.99. The average molecular weight is 252 g/mol. The number of nitrogens with one attached hydrogen (secondary N) is 1. The zero-order valence-corrected chi connectivity index (χ0v) is 11.0. The van der Waals surface area contributed by atoms with E-state index in [0.717, 1.165) is 16.9 Å². The van der Waals surface area contributed by atoms with Gasteiger partial charge < -0.3 is 9.88 Å². The van der Waals surface area contributed by atoms with Crippen molar-refractivity contribution in [2.24, 2.45) is 7.05 Å². The second kappa shape index (κ2) is 4.83. The van der Waals surface area contributed by atoms with E-state index in [2.05, 4.69) is 15.3 Å². The molecule has 0 spiro atoms. The van der Waals surface area contributed by atoms with Crippen molar-refractivity contribution in [1.82, 2.24) is 14.5 Å². The Morgan fingerprint density at radius 3 is 3.00 bits per heavy atom. The molecule has 5 nitrogen and oxygen atoms in total. The van der Waals surface area contributed by atoms with Crippen LogP contribution in [0.15, 0.2) is 18.6 Å². The van der Waals surface area contributed by atoms with Crippen LogP contribution in [0.5, 0.6) is 0 Å². The van der Waals surface area contributed by atoms with Crippen LogP contribution < -0.4 is 5.32 Å². The number of rotatable bonds is 4. The molecule has 2 rings (SSSR count). The fraction of sp³-hybridized carbons (Fsp3) is 0.455. The lowest BCUT2D eigenvalue weighted by atomic mass is 10.3. The van der Waals surface area contributed by atoms with Gasteiger partial charge in [0.2, 0.25) is 0 Å². The van der Waals surface area contributed by atoms with Crippen molar-refractivity contribution in [3.63, 3.8) is 0 Å². The minimum Gasteiger partial charge on any atom is -0.365 e.